The van der Waals surface area contributed by atoms with E-state index in [9.17, 15) is 8.42 Å². The number of ether oxygens (including phenoxy) is 1. The van der Waals surface area contributed by atoms with Crippen LogP contribution in [-0.4, -0.2) is 44.8 Å². The molecule has 1 aliphatic rings. The Labute approximate surface area is 113 Å². The van der Waals surface area contributed by atoms with Crippen molar-refractivity contribution in [1.82, 2.24) is 4.31 Å². The molecule has 2 rings (SSSR count). The Balaban J connectivity index is 2.01. The van der Waals surface area contributed by atoms with Crippen molar-refractivity contribution in [3.63, 3.8) is 0 Å². The smallest absolute Gasteiger partial charge is 0.211 e. The summed E-state index contributed by atoms with van der Waals surface area (Å²) in [7, 11) is -3.14. The summed E-state index contributed by atoms with van der Waals surface area (Å²) in [5.41, 5.74) is 0. The zero-order valence-corrected chi connectivity index (χ0v) is 12.2. The van der Waals surface area contributed by atoms with Gasteiger partial charge in [-0.25, -0.2) is 8.42 Å². The molecule has 18 heavy (non-hydrogen) atoms. The maximum absolute atomic E-state index is 11.9. The summed E-state index contributed by atoms with van der Waals surface area (Å²) in [5, 5.41) is 2.02. The van der Waals surface area contributed by atoms with E-state index in [2.05, 4.69) is 6.07 Å². The second-order valence-electron chi connectivity index (χ2n) is 4.55. The van der Waals surface area contributed by atoms with Crippen LogP contribution in [0.5, 0.6) is 0 Å². The molecule has 6 heteroatoms. The Morgan fingerprint density at radius 2 is 2.17 bits per heavy atom. The van der Waals surface area contributed by atoms with E-state index in [0.29, 0.717) is 19.8 Å². The standard InChI is InChI=1S/C12H19NO3S2/c1-18(14,15)13(11-5-8-16-9-6-11)7-4-12-3-2-10-17-12/h2-3,10-11H,4-9H2,1H3. The lowest BCUT2D eigenvalue weighted by Gasteiger charge is -2.32. The Morgan fingerprint density at radius 3 is 2.72 bits per heavy atom. The van der Waals surface area contributed by atoms with Gasteiger partial charge in [-0.2, -0.15) is 4.31 Å². The monoisotopic (exact) mass is 289 g/mol. The average molecular weight is 289 g/mol. The van der Waals surface area contributed by atoms with E-state index < -0.39 is 10.0 Å². The molecule has 0 saturated carbocycles. The van der Waals surface area contributed by atoms with Crippen molar-refractivity contribution < 1.29 is 13.2 Å². The average Bonchev–Trinajstić information content (AvgIpc) is 2.82. The number of hydrogen-bond donors (Lipinski definition) is 0. The lowest BCUT2D eigenvalue weighted by Crippen LogP contribution is -2.43. The van der Waals surface area contributed by atoms with Crippen LogP contribution in [0.15, 0.2) is 17.5 Å². The zero-order valence-electron chi connectivity index (χ0n) is 10.5. The summed E-state index contributed by atoms with van der Waals surface area (Å²) in [6.45, 7) is 1.90. The summed E-state index contributed by atoms with van der Waals surface area (Å²) in [6.07, 6.45) is 3.70. The molecule has 2 heterocycles. The highest BCUT2D eigenvalue weighted by Crippen LogP contribution is 2.19. The molecule has 0 bridgehead atoms. The quantitative estimate of drug-likeness (QED) is 0.829. The molecule has 0 amide bonds. The summed E-state index contributed by atoms with van der Waals surface area (Å²) >= 11 is 1.68. The van der Waals surface area contributed by atoms with Crippen molar-refractivity contribution in [2.75, 3.05) is 26.0 Å². The predicted octanol–water partition coefficient (Wildman–Crippen LogP) is 1.73. The van der Waals surface area contributed by atoms with E-state index in [1.807, 2.05) is 11.4 Å². The van der Waals surface area contributed by atoms with Crippen LogP contribution >= 0.6 is 11.3 Å². The van der Waals surface area contributed by atoms with Crippen LogP contribution in [-0.2, 0) is 21.2 Å². The third-order valence-corrected chi connectivity index (χ3v) is 5.45. The molecule has 0 atom stereocenters. The molecule has 102 valence electrons. The largest absolute Gasteiger partial charge is 0.381 e. The second kappa shape index (κ2) is 6.14. The number of hydrogen-bond acceptors (Lipinski definition) is 4. The highest BCUT2D eigenvalue weighted by Gasteiger charge is 2.27. The fraction of sp³-hybridized carbons (Fsp3) is 0.667. The topological polar surface area (TPSA) is 46.6 Å². The molecule has 1 saturated heterocycles. The fourth-order valence-electron chi connectivity index (χ4n) is 2.27. The molecule has 1 aromatic rings. The maximum Gasteiger partial charge on any atom is 0.211 e. The van der Waals surface area contributed by atoms with Gasteiger partial charge in [0.2, 0.25) is 10.0 Å². The van der Waals surface area contributed by atoms with Gasteiger partial charge in [0.25, 0.3) is 0 Å². The minimum Gasteiger partial charge on any atom is -0.381 e. The SMILES string of the molecule is CS(=O)(=O)N(CCc1cccs1)C1CCOCC1. The first kappa shape index (κ1) is 14.0. The maximum atomic E-state index is 11.9. The summed E-state index contributed by atoms with van der Waals surface area (Å²) < 4.78 is 30.7. The van der Waals surface area contributed by atoms with E-state index in [0.717, 1.165) is 19.3 Å². The van der Waals surface area contributed by atoms with Crippen molar-refractivity contribution >= 4 is 21.4 Å². The van der Waals surface area contributed by atoms with Gasteiger partial charge in [-0.15, -0.1) is 11.3 Å². The van der Waals surface area contributed by atoms with Gasteiger partial charge in [-0.3, -0.25) is 0 Å². The lowest BCUT2D eigenvalue weighted by atomic mass is 10.1. The van der Waals surface area contributed by atoms with Gasteiger partial charge >= 0.3 is 0 Å². The summed E-state index contributed by atoms with van der Waals surface area (Å²) in [6, 6.07) is 4.16. The molecule has 0 N–H and O–H groups in total. The van der Waals surface area contributed by atoms with Crippen molar-refractivity contribution in [3.05, 3.63) is 22.4 Å². The number of sulfonamides is 1. The number of nitrogens with zero attached hydrogens (tertiary/aromatic N) is 1. The molecule has 0 aromatic carbocycles. The first-order valence-corrected chi connectivity index (χ1v) is 8.87. The van der Waals surface area contributed by atoms with E-state index in [1.54, 1.807) is 15.6 Å². The van der Waals surface area contributed by atoms with Crippen LogP contribution in [0.4, 0.5) is 0 Å². The van der Waals surface area contributed by atoms with Gasteiger partial charge < -0.3 is 4.74 Å². The minimum atomic E-state index is -3.14. The molecular formula is C12H19NO3S2. The van der Waals surface area contributed by atoms with E-state index in [-0.39, 0.29) is 6.04 Å². The van der Waals surface area contributed by atoms with Crippen LogP contribution < -0.4 is 0 Å². The Hall–Kier alpha value is -0.430. The van der Waals surface area contributed by atoms with Crippen molar-refractivity contribution in [2.24, 2.45) is 0 Å². The molecule has 1 fully saturated rings. The van der Waals surface area contributed by atoms with Gasteiger partial charge in [-0.05, 0) is 30.7 Å². The predicted molar refractivity (Wildman–Crippen MR) is 73.4 cm³/mol. The Bertz CT molecular complexity index is 450. The highest BCUT2D eigenvalue weighted by molar-refractivity contribution is 7.88. The fourth-order valence-corrected chi connectivity index (χ4v) is 4.14. The minimum absolute atomic E-state index is 0.105. The normalized spacial score (nSPS) is 18.3. The molecule has 0 aliphatic carbocycles. The molecule has 1 aromatic heterocycles. The molecule has 1 aliphatic heterocycles. The van der Waals surface area contributed by atoms with Crippen LogP contribution in [0.3, 0.4) is 0 Å². The highest BCUT2D eigenvalue weighted by atomic mass is 32.2. The lowest BCUT2D eigenvalue weighted by molar-refractivity contribution is 0.0589. The van der Waals surface area contributed by atoms with Crippen LogP contribution in [0.25, 0.3) is 0 Å². The summed E-state index contributed by atoms with van der Waals surface area (Å²) in [4.78, 5) is 1.23. The van der Waals surface area contributed by atoms with Crippen molar-refractivity contribution in [2.45, 2.75) is 25.3 Å². The van der Waals surface area contributed by atoms with Gasteiger partial charge in [0.1, 0.15) is 0 Å². The van der Waals surface area contributed by atoms with Gasteiger partial charge in [-0.1, -0.05) is 6.07 Å². The van der Waals surface area contributed by atoms with Crippen molar-refractivity contribution in [1.29, 1.82) is 0 Å². The van der Waals surface area contributed by atoms with Crippen LogP contribution in [0, 0.1) is 0 Å². The van der Waals surface area contributed by atoms with E-state index >= 15 is 0 Å². The molecular weight excluding hydrogens is 270 g/mol. The van der Waals surface area contributed by atoms with Gasteiger partial charge in [0.15, 0.2) is 0 Å². The van der Waals surface area contributed by atoms with Gasteiger partial charge in [0, 0.05) is 30.7 Å². The van der Waals surface area contributed by atoms with Crippen molar-refractivity contribution in [3.8, 4) is 0 Å². The third-order valence-electron chi connectivity index (χ3n) is 3.18. The Morgan fingerprint density at radius 1 is 1.44 bits per heavy atom. The summed E-state index contributed by atoms with van der Waals surface area (Å²) in [5.74, 6) is 0. The first-order chi connectivity index (χ1) is 8.57. The van der Waals surface area contributed by atoms with E-state index in [4.69, 9.17) is 4.74 Å². The Kier molecular flexibility index (Phi) is 4.77. The van der Waals surface area contributed by atoms with Crippen LogP contribution in [0.1, 0.15) is 17.7 Å². The van der Waals surface area contributed by atoms with Crippen LogP contribution in [0.2, 0.25) is 0 Å². The second-order valence-corrected chi connectivity index (χ2v) is 7.51. The molecule has 0 unspecified atom stereocenters. The number of rotatable bonds is 5. The molecule has 0 radical (unpaired) electrons. The third kappa shape index (κ3) is 3.78. The molecule has 4 nitrogen and oxygen atoms in total. The molecule has 0 spiro atoms. The number of thiophene rings is 1. The van der Waals surface area contributed by atoms with Gasteiger partial charge in [0.05, 0.1) is 6.26 Å². The zero-order chi connectivity index (χ0) is 13.0. The first-order valence-electron chi connectivity index (χ1n) is 6.14. The van der Waals surface area contributed by atoms with E-state index in [1.165, 1.54) is 11.1 Å².